The van der Waals surface area contributed by atoms with Crippen molar-refractivity contribution in [3.63, 3.8) is 0 Å². The maximum absolute atomic E-state index is 13.1. The summed E-state index contributed by atoms with van der Waals surface area (Å²) in [5, 5.41) is 6.89. The molecule has 0 aliphatic heterocycles. The van der Waals surface area contributed by atoms with Crippen molar-refractivity contribution in [2.24, 2.45) is 0 Å². The second kappa shape index (κ2) is 8.32. The molecule has 0 spiro atoms. The van der Waals surface area contributed by atoms with Gasteiger partial charge in [-0.15, -0.1) is 0 Å². The Balaban J connectivity index is 1.49. The molecule has 0 saturated carbocycles. The summed E-state index contributed by atoms with van der Waals surface area (Å²) in [7, 11) is 0. The molecule has 0 saturated heterocycles. The average Bonchev–Trinajstić information content (AvgIpc) is 3.38. The van der Waals surface area contributed by atoms with E-state index < -0.39 is 0 Å². The van der Waals surface area contributed by atoms with Crippen LogP contribution in [0.3, 0.4) is 0 Å². The predicted molar refractivity (Wildman–Crippen MR) is 112 cm³/mol. The van der Waals surface area contributed by atoms with Crippen LogP contribution in [-0.2, 0) is 11.3 Å². The zero-order valence-electron chi connectivity index (χ0n) is 16.7. The van der Waals surface area contributed by atoms with Crippen LogP contribution in [0.15, 0.2) is 71.4 Å². The first-order valence-electron chi connectivity index (χ1n) is 9.64. The molecule has 6 nitrogen and oxygen atoms in total. The Kier molecular flexibility index (Phi) is 5.43. The number of carbonyl (C=O) groups is 1. The van der Waals surface area contributed by atoms with E-state index in [1.165, 1.54) is 12.1 Å². The minimum Gasteiger partial charge on any atom is -0.334 e. The van der Waals surface area contributed by atoms with Gasteiger partial charge in [0.05, 0.1) is 0 Å². The predicted octanol–water partition coefficient (Wildman–Crippen LogP) is 5.11. The van der Waals surface area contributed by atoms with E-state index in [-0.39, 0.29) is 24.2 Å². The number of aromatic nitrogens is 3. The van der Waals surface area contributed by atoms with Crippen molar-refractivity contribution in [2.45, 2.75) is 26.3 Å². The maximum atomic E-state index is 13.1. The van der Waals surface area contributed by atoms with Gasteiger partial charge in [0.15, 0.2) is 0 Å². The van der Waals surface area contributed by atoms with E-state index in [0.29, 0.717) is 23.0 Å². The Hall–Kier alpha value is -3.74. The number of carbonyl (C=O) groups excluding carboxylic acids is 1. The summed E-state index contributed by atoms with van der Waals surface area (Å²) in [5.74, 6) is 0.528. The molecule has 152 valence electrons. The van der Waals surface area contributed by atoms with Gasteiger partial charge in [-0.3, -0.25) is 4.79 Å². The summed E-state index contributed by atoms with van der Waals surface area (Å²) in [4.78, 5) is 17.0. The molecule has 1 amide bonds. The van der Waals surface area contributed by atoms with Crippen LogP contribution in [0.4, 0.5) is 10.1 Å². The molecule has 4 aromatic rings. The Morgan fingerprint density at radius 2 is 1.93 bits per heavy atom. The van der Waals surface area contributed by atoms with E-state index in [1.807, 2.05) is 30.3 Å². The number of nitrogens with one attached hydrogen (secondary N) is 1. The van der Waals surface area contributed by atoms with Gasteiger partial charge in [-0.05, 0) is 60.0 Å². The highest BCUT2D eigenvalue weighted by Crippen LogP contribution is 2.23. The van der Waals surface area contributed by atoms with Crippen LogP contribution in [0.2, 0.25) is 0 Å². The van der Waals surface area contributed by atoms with Gasteiger partial charge in [-0.1, -0.05) is 31.1 Å². The monoisotopic (exact) mass is 404 g/mol. The van der Waals surface area contributed by atoms with E-state index in [0.717, 1.165) is 11.3 Å². The van der Waals surface area contributed by atoms with E-state index in [4.69, 9.17) is 4.52 Å². The molecule has 7 heteroatoms. The van der Waals surface area contributed by atoms with Crippen molar-refractivity contribution in [1.29, 1.82) is 0 Å². The van der Waals surface area contributed by atoms with Crippen LogP contribution >= 0.6 is 0 Å². The van der Waals surface area contributed by atoms with Gasteiger partial charge in [0.1, 0.15) is 18.1 Å². The standard InChI is InChI=1S/C23H21FN4O2/c1-15(2)17-5-3-6-19(13-17)25-21(29)14-28-12-4-7-20(28)23-26-22(27-30-23)16-8-10-18(24)11-9-16/h3-13,15H,14H2,1-2H3,(H,25,29). The fraction of sp³-hybridized carbons (Fsp3) is 0.174. The summed E-state index contributed by atoms with van der Waals surface area (Å²) in [5.41, 5.74) is 3.19. The minimum atomic E-state index is -0.332. The van der Waals surface area contributed by atoms with Crippen molar-refractivity contribution < 1.29 is 13.7 Å². The van der Waals surface area contributed by atoms with Crippen LogP contribution < -0.4 is 5.32 Å². The van der Waals surface area contributed by atoms with E-state index in [2.05, 4.69) is 29.3 Å². The molecule has 2 aromatic carbocycles. The fourth-order valence-electron chi connectivity index (χ4n) is 3.12. The van der Waals surface area contributed by atoms with Crippen molar-refractivity contribution in [3.8, 4) is 23.0 Å². The third-order valence-electron chi connectivity index (χ3n) is 4.73. The molecule has 30 heavy (non-hydrogen) atoms. The Labute approximate surface area is 173 Å². The molecule has 0 unspecified atom stereocenters. The van der Waals surface area contributed by atoms with Gasteiger partial charge in [0.25, 0.3) is 5.89 Å². The van der Waals surface area contributed by atoms with Crippen LogP contribution in [0, 0.1) is 5.82 Å². The molecule has 0 aliphatic rings. The van der Waals surface area contributed by atoms with Crippen LogP contribution in [0.25, 0.3) is 23.0 Å². The fourth-order valence-corrected chi connectivity index (χ4v) is 3.12. The molecule has 0 atom stereocenters. The molecule has 4 rings (SSSR count). The lowest BCUT2D eigenvalue weighted by molar-refractivity contribution is -0.116. The first kappa shape index (κ1) is 19.6. The van der Waals surface area contributed by atoms with E-state index in [9.17, 15) is 9.18 Å². The zero-order chi connectivity index (χ0) is 21.1. The number of halogens is 1. The lowest BCUT2D eigenvalue weighted by Gasteiger charge is -2.11. The SMILES string of the molecule is CC(C)c1cccc(NC(=O)Cn2cccc2-c2nc(-c3ccc(F)cc3)no2)c1. The molecule has 0 aliphatic carbocycles. The highest BCUT2D eigenvalue weighted by molar-refractivity contribution is 5.91. The first-order chi connectivity index (χ1) is 14.5. The van der Waals surface area contributed by atoms with Crippen LogP contribution in [0.5, 0.6) is 0 Å². The molecular weight excluding hydrogens is 383 g/mol. The molecular formula is C23H21FN4O2. The first-order valence-corrected chi connectivity index (χ1v) is 9.64. The van der Waals surface area contributed by atoms with Crippen molar-refractivity contribution in [1.82, 2.24) is 14.7 Å². The molecule has 0 fully saturated rings. The summed E-state index contributed by atoms with van der Waals surface area (Å²) in [6.07, 6.45) is 1.78. The number of hydrogen-bond donors (Lipinski definition) is 1. The normalized spacial score (nSPS) is 11.1. The summed E-state index contributed by atoms with van der Waals surface area (Å²) in [6, 6.07) is 17.3. The van der Waals surface area contributed by atoms with Gasteiger partial charge >= 0.3 is 0 Å². The maximum Gasteiger partial charge on any atom is 0.274 e. The highest BCUT2D eigenvalue weighted by Gasteiger charge is 2.16. The van der Waals surface area contributed by atoms with Crippen molar-refractivity contribution >= 4 is 11.6 Å². The van der Waals surface area contributed by atoms with E-state index in [1.54, 1.807) is 29.0 Å². The molecule has 2 heterocycles. The van der Waals surface area contributed by atoms with Gasteiger partial charge in [0.2, 0.25) is 11.7 Å². The number of hydrogen-bond acceptors (Lipinski definition) is 4. The molecule has 0 bridgehead atoms. The van der Waals surface area contributed by atoms with Crippen LogP contribution in [-0.4, -0.2) is 20.6 Å². The average molecular weight is 404 g/mol. The lowest BCUT2D eigenvalue weighted by Crippen LogP contribution is -2.19. The molecule has 0 radical (unpaired) electrons. The smallest absolute Gasteiger partial charge is 0.274 e. The minimum absolute atomic E-state index is 0.0997. The number of amides is 1. The second-order valence-electron chi connectivity index (χ2n) is 7.28. The van der Waals surface area contributed by atoms with Crippen molar-refractivity contribution in [2.75, 3.05) is 5.32 Å². The Bertz CT molecular complexity index is 1160. The van der Waals surface area contributed by atoms with E-state index >= 15 is 0 Å². The second-order valence-corrected chi connectivity index (χ2v) is 7.28. The molecule has 1 N–H and O–H groups in total. The largest absolute Gasteiger partial charge is 0.334 e. The number of benzene rings is 2. The van der Waals surface area contributed by atoms with Crippen molar-refractivity contribution in [3.05, 3.63) is 78.2 Å². The van der Waals surface area contributed by atoms with Crippen LogP contribution in [0.1, 0.15) is 25.3 Å². The highest BCUT2D eigenvalue weighted by atomic mass is 19.1. The summed E-state index contributed by atoms with van der Waals surface area (Å²) in [6.45, 7) is 4.32. The third-order valence-corrected chi connectivity index (χ3v) is 4.73. The molecule has 2 aromatic heterocycles. The zero-order valence-corrected chi connectivity index (χ0v) is 16.7. The quantitative estimate of drug-likeness (QED) is 0.485. The number of anilines is 1. The summed E-state index contributed by atoms with van der Waals surface area (Å²) < 4.78 is 20.2. The summed E-state index contributed by atoms with van der Waals surface area (Å²) >= 11 is 0. The number of rotatable bonds is 6. The lowest BCUT2D eigenvalue weighted by atomic mass is 10.0. The number of nitrogens with zero attached hydrogens (tertiary/aromatic N) is 3. The topological polar surface area (TPSA) is 73.0 Å². The Morgan fingerprint density at radius 3 is 2.70 bits per heavy atom. The van der Waals surface area contributed by atoms with Gasteiger partial charge < -0.3 is 14.4 Å². The van der Waals surface area contributed by atoms with Gasteiger partial charge in [-0.25, -0.2) is 4.39 Å². The Morgan fingerprint density at radius 1 is 1.13 bits per heavy atom. The van der Waals surface area contributed by atoms with Gasteiger partial charge in [-0.2, -0.15) is 4.98 Å². The third kappa shape index (κ3) is 4.30. The van der Waals surface area contributed by atoms with Gasteiger partial charge in [0, 0.05) is 17.4 Å².